The van der Waals surface area contributed by atoms with Crippen LogP contribution in [-0.2, 0) is 15.5 Å². The van der Waals surface area contributed by atoms with E-state index < -0.39 is 9.05 Å². The van der Waals surface area contributed by atoms with E-state index in [1.807, 2.05) is 6.92 Å². The van der Waals surface area contributed by atoms with Crippen molar-refractivity contribution in [2.24, 2.45) is 0 Å². The van der Waals surface area contributed by atoms with Crippen molar-refractivity contribution in [2.45, 2.75) is 13.3 Å². The molecule has 0 saturated carbocycles. The minimum absolute atomic E-state index is 0.138. The molecule has 0 heterocycles. The molecule has 3 nitrogen and oxygen atoms in total. The second-order valence-electron chi connectivity index (χ2n) is 3.41. The largest absolute Gasteiger partial charge is 0.497 e. The molecule has 1 aromatic rings. The van der Waals surface area contributed by atoms with E-state index >= 15 is 0 Å². The van der Waals surface area contributed by atoms with E-state index in [0.717, 1.165) is 11.1 Å². The standard InChI is InChI=1S/C10H12Cl2O3S/c1-7-5-9(15-2)6-8(10(7)11)3-4-16(12,13)14/h5-6H,3-4H2,1-2H3. The van der Waals surface area contributed by atoms with Gasteiger partial charge in [-0.25, -0.2) is 8.42 Å². The third kappa shape index (κ3) is 3.85. The van der Waals surface area contributed by atoms with E-state index in [-0.39, 0.29) is 12.2 Å². The van der Waals surface area contributed by atoms with Gasteiger partial charge in [-0.3, -0.25) is 0 Å². The van der Waals surface area contributed by atoms with E-state index in [2.05, 4.69) is 0 Å². The van der Waals surface area contributed by atoms with Gasteiger partial charge in [0.05, 0.1) is 12.9 Å². The molecule has 6 heteroatoms. The Hall–Kier alpha value is -0.450. The van der Waals surface area contributed by atoms with Crippen molar-refractivity contribution in [1.29, 1.82) is 0 Å². The van der Waals surface area contributed by atoms with E-state index in [1.54, 1.807) is 19.2 Å². The highest BCUT2D eigenvalue weighted by Crippen LogP contribution is 2.27. The highest BCUT2D eigenvalue weighted by atomic mass is 35.7. The van der Waals surface area contributed by atoms with Gasteiger partial charge in [-0.1, -0.05) is 11.6 Å². The summed E-state index contributed by atoms with van der Waals surface area (Å²) in [6.07, 6.45) is 0.280. The molecule has 1 aromatic carbocycles. The number of benzene rings is 1. The molecule has 0 N–H and O–H groups in total. The van der Waals surface area contributed by atoms with E-state index in [0.29, 0.717) is 10.8 Å². The van der Waals surface area contributed by atoms with Gasteiger partial charge in [-0.15, -0.1) is 0 Å². The fraction of sp³-hybridized carbons (Fsp3) is 0.400. The Balaban J connectivity index is 2.99. The average molecular weight is 283 g/mol. The zero-order valence-corrected chi connectivity index (χ0v) is 11.3. The molecule has 0 radical (unpaired) electrons. The van der Waals surface area contributed by atoms with Gasteiger partial charge in [0.15, 0.2) is 0 Å². The van der Waals surface area contributed by atoms with Crippen molar-refractivity contribution < 1.29 is 13.2 Å². The number of hydrogen-bond donors (Lipinski definition) is 0. The van der Waals surface area contributed by atoms with Gasteiger partial charge in [0.2, 0.25) is 9.05 Å². The van der Waals surface area contributed by atoms with Crippen LogP contribution in [0, 0.1) is 6.92 Å². The van der Waals surface area contributed by atoms with Gasteiger partial charge in [0.25, 0.3) is 0 Å². The quantitative estimate of drug-likeness (QED) is 0.798. The number of methoxy groups -OCH3 is 1. The molecule has 0 spiro atoms. The summed E-state index contributed by atoms with van der Waals surface area (Å²) >= 11 is 6.06. The molecule has 0 aliphatic rings. The lowest BCUT2D eigenvalue weighted by Gasteiger charge is -2.09. The molecule has 0 amide bonds. The first-order valence-corrected chi connectivity index (χ1v) is 7.44. The fourth-order valence-corrected chi connectivity index (χ4v) is 2.24. The zero-order chi connectivity index (χ0) is 12.3. The van der Waals surface area contributed by atoms with Crippen molar-refractivity contribution in [2.75, 3.05) is 12.9 Å². The minimum atomic E-state index is -3.50. The van der Waals surface area contributed by atoms with Crippen LogP contribution in [0.15, 0.2) is 12.1 Å². The van der Waals surface area contributed by atoms with E-state index in [9.17, 15) is 8.42 Å². The Morgan fingerprint density at radius 3 is 2.50 bits per heavy atom. The first-order valence-electron chi connectivity index (χ1n) is 4.59. The number of rotatable bonds is 4. The summed E-state index contributed by atoms with van der Waals surface area (Å²) in [5.41, 5.74) is 1.57. The molecule has 0 saturated heterocycles. The van der Waals surface area contributed by atoms with Crippen LogP contribution in [0.3, 0.4) is 0 Å². The summed E-state index contributed by atoms with van der Waals surface area (Å²) in [5, 5.41) is 0.557. The highest BCUT2D eigenvalue weighted by molar-refractivity contribution is 8.13. The molecule has 1 rings (SSSR count). The van der Waals surface area contributed by atoms with Gasteiger partial charge in [-0.2, -0.15) is 0 Å². The van der Waals surface area contributed by atoms with Crippen LogP contribution in [-0.4, -0.2) is 21.3 Å². The summed E-state index contributed by atoms with van der Waals surface area (Å²) in [5.74, 6) is 0.518. The van der Waals surface area contributed by atoms with E-state index in [4.69, 9.17) is 27.0 Å². The summed E-state index contributed by atoms with van der Waals surface area (Å²) in [4.78, 5) is 0. The predicted octanol–water partition coefficient (Wildman–Crippen LogP) is 2.77. The maximum absolute atomic E-state index is 10.8. The smallest absolute Gasteiger partial charge is 0.232 e. The van der Waals surface area contributed by atoms with Gasteiger partial charge >= 0.3 is 0 Å². The first kappa shape index (κ1) is 13.6. The first-order chi connectivity index (χ1) is 7.33. The second kappa shape index (κ2) is 5.25. The summed E-state index contributed by atoms with van der Waals surface area (Å²) in [7, 11) is 3.19. The third-order valence-corrected chi connectivity index (χ3v) is 3.85. The molecular weight excluding hydrogens is 271 g/mol. The molecule has 0 aliphatic carbocycles. The van der Waals surface area contributed by atoms with Crippen LogP contribution in [0.1, 0.15) is 11.1 Å². The van der Waals surface area contributed by atoms with Gasteiger partial charge in [-0.05, 0) is 36.6 Å². The molecule has 0 fully saturated rings. The number of hydrogen-bond acceptors (Lipinski definition) is 3. The predicted molar refractivity (Wildman–Crippen MR) is 66.1 cm³/mol. The molecule has 90 valence electrons. The Morgan fingerprint density at radius 1 is 1.38 bits per heavy atom. The summed E-state index contributed by atoms with van der Waals surface area (Å²) < 4.78 is 26.8. The van der Waals surface area contributed by atoms with Crippen molar-refractivity contribution in [3.8, 4) is 5.75 Å². The topological polar surface area (TPSA) is 43.4 Å². The molecule has 0 aromatic heterocycles. The Morgan fingerprint density at radius 2 is 2.00 bits per heavy atom. The number of ether oxygens (including phenoxy) is 1. The van der Waals surface area contributed by atoms with Crippen LogP contribution in [0.2, 0.25) is 5.02 Å². The van der Waals surface area contributed by atoms with E-state index in [1.165, 1.54) is 0 Å². The SMILES string of the molecule is COc1cc(C)c(Cl)c(CCS(=O)(=O)Cl)c1. The zero-order valence-electron chi connectivity index (χ0n) is 8.96. The van der Waals surface area contributed by atoms with Crippen LogP contribution < -0.4 is 4.74 Å². The van der Waals surface area contributed by atoms with Crippen molar-refractivity contribution >= 4 is 31.3 Å². The van der Waals surface area contributed by atoms with Crippen LogP contribution in [0.25, 0.3) is 0 Å². The Bertz CT molecular complexity index is 483. The van der Waals surface area contributed by atoms with Crippen LogP contribution in [0.5, 0.6) is 5.75 Å². The van der Waals surface area contributed by atoms with Gasteiger partial charge in [0.1, 0.15) is 5.75 Å². The van der Waals surface area contributed by atoms with Gasteiger partial charge < -0.3 is 4.74 Å². The number of aryl methyl sites for hydroxylation is 2. The average Bonchev–Trinajstić information content (AvgIpc) is 2.18. The summed E-state index contributed by atoms with van der Waals surface area (Å²) in [6, 6.07) is 3.51. The Labute approximate surface area is 105 Å². The summed E-state index contributed by atoms with van der Waals surface area (Å²) in [6.45, 7) is 1.84. The molecule has 0 aliphatic heterocycles. The van der Waals surface area contributed by atoms with Crippen molar-refractivity contribution in [1.82, 2.24) is 0 Å². The van der Waals surface area contributed by atoms with Crippen molar-refractivity contribution in [3.63, 3.8) is 0 Å². The van der Waals surface area contributed by atoms with Gasteiger partial charge in [0, 0.05) is 15.7 Å². The lowest BCUT2D eigenvalue weighted by molar-refractivity contribution is 0.414. The van der Waals surface area contributed by atoms with Crippen molar-refractivity contribution in [3.05, 3.63) is 28.3 Å². The normalized spacial score (nSPS) is 11.5. The highest BCUT2D eigenvalue weighted by Gasteiger charge is 2.11. The maximum atomic E-state index is 10.8. The second-order valence-corrected chi connectivity index (χ2v) is 6.68. The molecular formula is C10H12Cl2O3S. The van der Waals surface area contributed by atoms with Crippen LogP contribution in [0.4, 0.5) is 0 Å². The molecule has 0 bridgehead atoms. The monoisotopic (exact) mass is 282 g/mol. The fourth-order valence-electron chi connectivity index (χ4n) is 1.34. The lowest BCUT2D eigenvalue weighted by Crippen LogP contribution is -2.02. The van der Waals surface area contributed by atoms with Crippen LogP contribution >= 0.6 is 22.3 Å². The molecule has 0 atom stereocenters. The minimum Gasteiger partial charge on any atom is -0.497 e. The third-order valence-electron chi connectivity index (χ3n) is 2.15. The molecule has 0 unspecified atom stereocenters. The number of halogens is 2. The lowest BCUT2D eigenvalue weighted by atomic mass is 10.1. The maximum Gasteiger partial charge on any atom is 0.232 e. The Kier molecular flexibility index (Phi) is 4.47. The molecule has 16 heavy (non-hydrogen) atoms.